The topological polar surface area (TPSA) is 63.3 Å². The van der Waals surface area contributed by atoms with Crippen molar-refractivity contribution in [2.24, 2.45) is 0 Å². The third-order valence-corrected chi connectivity index (χ3v) is 2.90. The Morgan fingerprint density at radius 1 is 1.39 bits per heavy atom. The molecule has 4 heteroatoms. The van der Waals surface area contributed by atoms with Gasteiger partial charge in [0, 0.05) is 18.8 Å². The zero-order valence-electron chi connectivity index (χ0n) is 9.95. The van der Waals surface area contributed by atoms with Crippen molar-refractivity contribution < 1.29 is 14.3 Å². The van der Waals surface area contributed by atoms with Gasteiger partial charge in [-0.05, 0) is 36.1 Å². The minimum absolute atomic E-state index is 0.0266. The molecule has 1 atom stereocenters. The molecule has 4 nitrogen and oxygen atoms in total. The summed E-state index contributed by atoms with van der Waals surface area (Å²) in [6, 6.07) is 7.49. The molecule has 0 aliphatic rings. The predicted molar refractivity (Wildman–Crippen MR) is 66.3 cm³/mol. The van der Waals surface area contributed by atoms with Crippen LogP contribution in [0.4, 0.5) is 0 Å². The van der Waals surface area contributed by atoms with Gasteiger partial charge in [0.2, 0.25) is 0 Å². The number of carboxylic acids is 1. The first-order chi connectivity index (χ1) is 8.75. The van der Waals surface area contributed by atoms with Gasteiger partial charge < -0.3 is 9.52 Å². The van der Waals surface area contributed by atoms with Crippen LogP contribution in [0.2, 0.25) is 0 Å². The molecule has 0 aromatic carbocycles. The summed E-state index contributed by atoms with van der Waals surface area (Å²) in [6.45, 7) is 0. The third-order valence-electron chi connectivity index (χ3n) is 2.90. The van der Waals surface area contributed by atoms with E-state index in [0.717, 1.165) is 24.2 Å². The van der Waals surface area contributed by atoms with Crippen LogP contribution in [0, 0.1) is 0 Å². The quantitative estimate of drug-likeness (QED) is 0.850. The van der Waals surface area contributed by atoms with E-state index >= 15 is 0 Å². The standard InChI is InChI=1S/C14H15NO3/c16-14(17)9-11(12-3-1-7-15-10-12)5-6-13-4-2-8-18-13/h1-4,7-8,10-11H,5-6,9H2,(H,16,17). The monoisotopic (exact) mass is 245 g/mol. The number of hydrogen-bond donors (Lipinski definition) is 1. The molecule has 0 aliphatic heterocycles. The Labute approximate surface area is 105 Å². The number of carbonyl (C=O) groups is 1. The lowest BCUT2D eigenvalue weighted by atomic mass is 9.92. The van der Waals surface area contributed by atoms with Crippen LogP contribution in [-0.2, 0) is 11.2 Å². The summed E-state index contributed by atoms with van der Waals surface area (Å²) in [4.78, 5) is 14.9. The maximum Gasteiger partial charge on any atom is 0.303 e. The van der Waals surface area contributed by atoms with E-state index in [-0.39, 0.29) is 12.3 Å². The second-order valence-corrected chi connectivity index (χ2v) is 4.20. The molecular formula is C14H15NO3. The van der Waals surface area contributed by atoms with Gasteiger partial charge >= 0.3 is 5.97 Å². The molecule has 18 heavy (non-hydrogen) atoms. The molecule has 2 heterocycles. The molecule has 1 N–H and O–H groups in total. The highest BCUT2D eigenvalue weighted by atomic mass is 16.4. The van der Waals surface area contributed by atoms with E-state index in [0.29, 0.717) is 0 Å². The first kappa shape index (κ1) is 12.4. The van der Waals surface area contributed by atoms with Crippen LogP contribution in [0.5, 0.6) is 0 Å². The van der Waals surface area contributed by atoms with Gasteiger partial charge in [0.15, 0.2) is 0 Å². The average Bonchev–Trinajstić information content (AvgIpc) is 2.88. The smallest absolute Gasteiger partial charge is 0.303 e. The summed E-state index contributed by atoms with van der Waals surface area (Å²) in [5.41, 5.74) is 0.964. The van der Waals surface area contributed by atoms with Crippen LogP contribution in [0.3, 0.4) is 0 Å². The van der Waals surface area contributed by atoms with Gasteiger partial charge in [0.25, 0.3) is 0 Å². The lowest BCUT2D eigenvalue weighted by Crippen LogP contribution is -2.07. The largest absolute Gasteiger partial charge is 0.481 e. The normalized spacial score (nSPS) is 12.2. The first-order valence-corrected chi connectivity index (χ1v) is 5.90. The maximum atomic E-state index is 10.9. The average molecular weight is 245 g/mol. The second kappa shape index (κ2) is 6.00. The summed E-state index contributed by atoms with van der Waals surface area (Å²) < 4.78 is 5.26. The summed E-state index contributed by atoms with van der Waals surface area (Å²) in [7, 11) is 0. The molecule has 0 bridgehead atoms. The highest BCUT2D eigenvalue weighted by molar-refractivity contribution is 5.68. The number of hydrogen-bond acceptors (Lipinski definition) is 3. The Bertz CT molecular complexity index is 479. The van der Waals surface area contributed by atoms with Crippen molar-refractivity contribution in [1.29, 1.82) is 0 Å². The zero-order chi connectivity index (χ0) is 12.8. The molecule has 2 aromatic heterocycles. The summed E-state index contributed by atoms with van der Waals surface area (Å²) >= 11 is 0. The van der Waals surface area contributed by atoms with Crippen LogP contribution in [-0.4, -0.2) is 16.1 Å². The Balaban J connectivity index is 2.03. The van der Waals surface area contributed by atoms with Crippen molar-refractivity contribution in [1.82, 2.24) is 4.98 Å². The fourth-order valence-electron chi connectivity index (χ4n) is 1.99. The van der Waals surface area contributed by atoms with E-state index < -0.39 is 5.97 Å². The van der Waals surface area contributed by atoms with Gasteiger partial charge in [-0.15, -0.1) is 0 Å². The summed E-state index contributed by atoms with van der Waals surface area (Å²) in [5.74, 6) is 0.0684. The molecule has 0 radical (unpaired) electrons. The van der Waals surface area contributed by atoms with Gasteiger partial charge in [-0.25, -0.2) is 0 Å². The number of furan rings is 1. The lowest BCUT2D eigenvalue weighted by molar-refractivity contribution is -0.137. The Hall–Kier alpha value is -2.10. The second-order valence-electron chi connectivity index (χ2n) is 4.20. The van der Waals surface area contributed by atoms with Gasteiger partial charge in [-0.3, -0.25) is 9.78 Å². The number of nitrogens with zero attached hydrogens (tertiary/aromatic N) is 1. The van der Waals surface area contributed by atoms with E-state index in [1.165, 1.54) is 0 Å². The molecule has 0 spiro atoms. The van der Waals surface area contributed by atoms with E-state index in [1.54, 1.807) is 18.7 Å². The molecule has 0 aliphatic carbocycles. The Kier molecular flexibility index (Phi) is 4.12. The Morgan fingerprint density at radius 3 is 2.89 bits per heavy atom. The summed E-state index contributed by atoms with van der Waals surface area (Å²) in [6.07, 6.45) is 6.65. The fourth-order valence-corrected chi connectivity index (χ4v) is 1.99. The highest BCUT2D eigenvalue weighted by Gasteiger charge is 2.16. The van der Waals surface area contributed by atoms with Crippen LogP contribution in [0.25, 0.3) is 0 Å². The fraction of sp³-hybridized carbons (Fsp3) is 0.286. The molecule has 94 valence electrons. The van der Waals surface area contributed by atoms with Crippen molar-refractivity contribution >= 4 is 5.97 Å². The Morgan fingerprint density at radius 2 is 2.28 bits per heavy atom. The van der Waals surface area contributed by atoms with Crippen LogP contribution < -0.4 is 0 Å². The van der Waals surface area contributed by atoms with Crippen molar-refractivity contribution in [2.75, 3.05) is 0 Å². The molecule has 0 saturated carbocycles. The van der Waals surface area contributed by atoms with E-state index in [1.807, 2.05) is 24.3 Å². The van der Waals surface area contributed by atoms with E-state index in [9.17, 15) is 4.79 Å². The van der Waals surface area contributed by atoms with Gasteiger partial charge in [0.1, 0.15) is 5.76 Å². The number of carboxylic acid groups (broad SMARTS) is 1. The SMILES string of the molecule is O=C(O)CC(CCc1ccco1)c1cccnc1. The number of rotatable bonds is 6. The van der Waals surface area contributed by atoms with Crippen molar-refractivity contribution in [3.8, 4) is 0 Å². The van der Waals surface area contributed by atoms with E-state index in [4.69, 9.17) is 9.52 Å². The molecule has 2 aromatic rings. The van der Waals surface area contributed by atoms with Crippen LogP contribution in [0.1, 0.15) is 30.1 Å². The van der Waals surface area contributed by atoms with E-state index in [2.05, 4.69) is 4.98 Å². The first-order valence-electron chi connectivity index (χ1n) is 5.90. The zero-order valence-corrected chi connectivity index (χ0v) is 9.95. The minimum atomic E-state index is -0.789. The number of pyridine rings is 1. The highest BCUT2D eigenvalue weighted by Crippen LogP contribution is 2.24. The van der Waals surface area contributed by atoms with Crippen LogP contribution >= 0.6 is 0 Å². The van der Waals surface area contributed by atoms with Crippen molar-refractivity contribution in [2.45, 2.75) is 25.2 Å². The molecule has 0 saturated heterocycles. The van der Waals surface area contributed by atoms with Crippen LogP contribution in [0.15, 0.2) is 47.3 Å². The number of aliphatic carboxylic acids is 1. The van der Waals surface area contributed by atoms with Crippen molar-refractivity contribution in [3.05, 3.63) is 54.2 Å². The number of aryl methyl sites for hydroxylation is 1. The molecule has 0 amide bonds. The number of aromatic nitrogens is 1. The van der Waals surface area contributed by atoms with Gasteiger partial charge in [0.05, 0.1) is 12.7 Å². The van der Waals surface area contributed by atoms with Crippen molar-refractivity contribution in [3.63, 3.8) is 0 Å². The molecule has 0 fully saturated rings. The molecular weight excluding hydrogens is 230 g/mol. The minimum Gasteiger partial charge on any atom is -0.481 e. The molecule has 2 rings (SSSR count). The lowest BCUT2D eigenvalue weighted by Gasteiger charge is -2.13. The molecule has 1 unspecified atom stereocenters. The predicted octanol–water partition coefficient (Wildman–Crippen LogP) is 2.87. The maximum absolute atomic E-state index is 10.9. The van der Waals surface area contributed by atoms with Gasteiger partial charge in [-0.2, -0.15) is 0 Å². The third kappa shape index (κ3) is 3.45. The van der Waals surface area contributed by atoms with Gasteiger partial charge in [-0.1, -0.05) is 6.07 Å². The summed E-state index contributed by atoms with van der Waals surface area (Å²) in [5, 5.41) is 8.96.